The van der Waals surface area contributed by atoms with Crippen molar-refractivity contribution in [1.29, 1.82) is 0 Å². The minimum atomic E-state index is -0.866. The van der Waals surface area contributed by atoms with Gasteiger partial charge >= 0.3 is 6.09 Å². The van der Waals surface area contributed by atoms with Crippen LogP contribution < -0.4 is 0 Å². The Balaban J connectivity index is 2.41. The number of rotatable bonds is 0. The Kier molecular flexibility index (Phi) is 1.96. The summed E-state index contributed by atoms with van der Waals surface area (Å²) in [6.07, 6.45) is 1.91. The van der Waals surface area contributed by atoms with Crippen molar-refractivity contribution in [2.75, 3.05) is 0 Å². The minimum absolute atomic E-state index is 0.388. The Bertz CT molecular complexity index is 320. The number of fused-ring (bicyclic) bond motifs is 2. The van der Waals surface area contributed by atoms with Gasteiger partial charge in [0.25, 0.3) is 0 Å². The first-order chi connectivity index (χ1) is 6.91. The van der Waals surface area contributed by atoms with Gasteiger partial charge in [-0.05, 0) is 26.7 Å². The second kappa shape index (κ2) is 2.87. The average Bonchev–Trinajstić information content (AvgIpc) is 2.29. The summed E-state index contributed by atoms with van der Waals surface area (Å²) >= 11 is 0. The van der Waals surface area contributed by atoms with Crippen molar-refractivity contribution < 1.29 is 15.1 Å². The highest BCUT2D eigenvalue weighted by Gasteiger charge is 2.56. The fraction of sp³-hybridized carbons (Fsp3) is 0.800. The Labute approximate surface area is 88.4 Å². The fourth-order valence-corrected chi connectivity index (χ4v) is 3.22. The maximum atomic E-state index is 11.2. The van der Waals surface area contributed by atoms with Gasteiger partial charge in [0.15, 0.2) is 0 Å². The molecule has 2 saturated heterocycles. The molecular weight excluding hydrogens is 196 g/mol. The van der Waals surface area contributed by atoms with E-state index < -0.39 is 6.09 Å². The molecule has 84 valence electrons. The average molecular weight is 212 g/mol. The standard InChI is InChI=1S/C10H16N2O3/c1-9-3-4-10(2,12(9)8(13)14)6-7(5-9)11-15/h15H,3-6H2,1-2H3,(H,13,14). The molecule has 2 aliphatic heterocycles. The van der Waals surface area contributed by atoms with Crippen LogP contribution in [0.5, 0.6) is 0 Å². The van der Waals surface area contributed by atoms with E-state index in [0.29, 0.717) is 12.8 Å². The van der Waals surface area contributed by atoms with E-state index in [2.05, 4.69) is 5.16 Å². The summed E-state index contributed by atoms with van der Waals surface area (Å²) in [5.74, 6) is 0. The largest absolute Gasteiger partial charge is 0.465 e. The third-order valence-corrected chi connectivity index (χ3v) is 3.78. The topological polar surface area (TPSA) is 73.1 Å². The summed E-state index contributed by atoms with van der Waals surface area (Å²) in [6, 6.07) is 0. The van der Waals surface area contributed by atoms with Gasteiger partial charge in [-0.15, -0.1) is 0 Å². The molecule has 2 heterocycles. The highest BCUT2D eigenvalue weighted by molar-refractivity contribution is 5.89. The number of amides is 1. The summed E-state index contributed by atoms with van der Waals surface area (Å²) in [6.45, 7) is 3.85. The van der Waals surface area contributed by atoms with Crippen LogP contribution in [-0.2, 0) is 0 Å². The van der Waals surface area contributed by atoms with E-state index in [1.54, 1.807) is 4.90 Å². The van der Waals surface area contributed by atoms with Gasteiger partial charge in [0, 0.05) is 23.9 Å². The van der Waals surface area contributed by atoms with Crippen LogP contribution in [-0.4, -0.2) is 38.1 Å². The molecule has 0 aliphatic carbocycles. The number of carbonyl (C=O) groups is 1. The first-order valence-electron chi connectivity index (χ1n) is 5.14. The molecule has 2 bridgehead atoms. The molecule has 1 amide bonds. The predicted molar refractivity (Wildman–Crippen MR) is 54.4 cm³/mol. The van der Waals surface area contributed by atoms with E-state index in [4.69, 9.17) is 5.21 Å². The zero-order valence-electron chi connectivity index (χ0n) is 9.03. The van der Waals surface area contributed by atoms with Crippen molar-refractivity contribution in [1.82, 2.24) is 4.90 Å². The molecule has 2 aliphatic rings. The van der Waals surface area contributed by atoms with Gasteiger partial charge in [-0.2, -0.15) is 0 Å². The van der Waals surface area contributed by atoms with Gasteiger partial charge in [-0.25, -0.2) is 4.79 Å². The van der Waals surface area contributed by atoms with Crippen LogP contribution in [0.1, 0.15) is 39.5 Å². The van der Waals surface area contributed by atoms with E-state index in [-0.39, 0.29) is 11.1 Å². The maximum absolute atomic E-state index is 11.2. The highest BCUT2D eigenvalue weighted by atomic mass is 16.4. The monoisotopic (exact) mass is 212 g/mol. The van der Waals surface area contributed by atoms with E-state index >= 15 is 0 Å². The second-order valence-electron chi connectivity index (χ2n) is 5.13. The van der Waals surface area contributed by atoms with Crippen LogP contribution in [0, 0.1) is 0 Å². The number of oxime groups is 1. The second-order valence-corrected chi connectivity index (χ2v) is 5.13. The smallest absolute Gasteiger partial charge is 0.408 e. The predicted octanol–water partition coefficient (Wildman–Crippen LogP) is 1.90. The van der Waals surface area contributed by atoms with Crippen molar-refractivity contribution in [3.8, 4) is 0 Å². The van der Waals surface area contributed by atoms with Crippen molar-refractivity contribution in [3.63, 3.8) is 0 Å². The lowest BCUT2D eigenvalue weighted by molar-refractivity contribution is 0.0485. The Morgan fingerprint density at radius 3 is 2.13 bits per heavy atom. The molecule has 0 radical (unpaired) electrons. The lowest BCUT2D eigenvalue weighted by Gasteiger charge is -2.46. The zero-order valence-corrected chi connectivity index (χ0v) is 9.03. The summed E-state index contributed by atoms with van der Waals surface area (Å²) in [4.78, 5) is 12.8. The molecule has 2 fully saturated rings. The van der Waals surface area contributed by atoms with Gasteiger partial charge < -0.3 is 10.3 Å². The summed E-state index contributed by atoms with van der Waals surface area (Å²) in [5.41, 5.74) is -0.0594. The maximum Gasteiger partial charge on any atom is 0.408 e. The van der Waals surface area contributed by atoms with Crippen LogP contribution in [0.15, 0.2) is 5.16 Å². The van der Waals surface area contributed by atoms with Crippen molar-refractivity contribution in [2.24, 2.45) is 5.16 Å². The first kappa shape index (κ1) is 10.3. The lowest BCUT2D eigenvalue weighted by atomic mass is 9.84. The zero-order chi connectivity index (χ0) is 11.3. The number of carboxylic acid groups (broad SMARTS) is 1. The Morgan fingerprint density at radius 2 is 1.80 bits per heavy atom. The molecule has 0 spiro atoms. The summed E-state index contributed by atoms with van der Waals surface area (Å²) in [5, 5.41) is 21.3. The van der Waals surface area contributed by atoms with Crippen LogP contribution >= 0.6 is 0 Å². The van der Waals surface area contributed by atoms with Crippen LogP contribution in [0.2, 0.25) is 0 Å². The SMILES string of the molecule is CC12CCC(C)(CC(=NO)C1)N2C(=O)O. The van der Waals surface area contributed by atoms with Crippen LogP contribution in [0.4, 0.5) is 4.79 Å². The highest BCUT2D eigenvalue weighted by Crippen LogP contribution is 2.49. The fourth-order valence-electron chi connectivity index (χ4n) is 3.22. The first-order valence-corrected chi connectivity index (χ1v) is 5.14. The molecule has 2 rings (SSSR count). The molecule has 0 saturated carbocycles. The Hall–Kier alpha value is -1.26. The summed E-state index contributed by atoms with van der Waals surface area (Å²) < 4.78 is 0. The van der Waals surface area contributed by atoms with Gasteiger partial charge in [-0.1, -0.05) is 5.16 Å². The molecule has 15 heavy (non-hydrogen) atoms. The molecule has 2 unspecified atom stereocenters. The van der Waals surface area contributed by atoms with Gasteiger partial charge in [-0.3, -0.25) is 4.90 Å². The van der Waals surface area contributed by atoms with E-state index in [1.807, 2.05) is 13.8 Å². The quantitative estimate of drug-likeness (QED) is 0.475. The molecular formula is C10H16N2O3. The molecule has 5 heteroatoms. The van der Waals surface area contributed by atoms with Crippen LogP contribution in [0.25, 0.3) is 0 Å². The number of nitrogens with zero attached hydrogens (tertiary/aromatic N) is 2. The minimum Gasteiger partial charge on any atom is -0.465 e. The lowest BCUT2D eigenvalue weighted by Crippen LogP contribution is -2.59. The van der Waals surface area contributed by atoms with Gasteiger partial charge in [0.2, 0.25) is 0 Å². The molecule has 0 aromatic carbocycles. The normalized spacial score (nSPS) is 39.3. The van der Waals surface area contributed by atoms with Crippen LogP contribution in [0.3, 0.4) is 0 Å². The van der Waals surface area contributed by atoms with Gasteiger partial charge in [0.05, 0.1) is 5.71 Å². The third-order valence-electron chi connectivity index (χ3n) is 3.78. The third kappa shape index (κ3) is 1.29. The van der Waals surface area contributed by atoms with E-state index in [1.165, 1.54) is 0 Å². The van der Waals surface area contributed by atoms with Gasteiger partial charge in [0.1, 0.15) is 0 Å². The molecule has 0 aromatic rings. The van der Waals surface area contributed by atoms with Crippen molar-refractivity contribution in [2.45, 2.75) is 50.6 Å². The number of piperidine rings is 1. The van der Waals surface area contributed by atoms with E-state index in [0.717, 1.165) is 18.6 Å². The Morgan fingerprint density at radius 1 is 1.33 bits per heavy atom. The van der Waals surface area contributed by atoms with E-state index in [9.17, 15) is 9.90 Å². The van der Waals surface area contributed by atoms with Crippen molar-refractivity contribution >= 4 is 11.8 Å². The molecule has 0 aromatic heterocycles. The molecule has 5 nitrogen and oxygen atoms in total. The summed E-state index contributed by atoms with van der Waals surface area (Å²) in [7, 11) is 0. The number of hydrogen-bond donors (Lipinski definition) is 2. The number of hydrogen-bond acceptors (Lipinski definition) is 3. The molecule has 2 N–H and O–H groups in total. The molecule has 2 atom stereocenters. The van der Waals surface area contributed by atoms with Crippen molar-refractivity contribution in [3.05, 3.63) is 0 Å².